The molecule has 0 aliphatic rings. The first-order valence-electron chi connectivity index (χ1n) is 9.03. The molecule has 0 aromatic heterocycles. The van der Waals surface area contributed by atoms with Crippen LogP contribution in [0.25, 0.3) is 0 Å². The van der Waals surface area contributed by atoms with Crippen LogP contribution in [0.3, 0.4) is 0 Å². The lowest BCUT2D eigenvalue weighted by atomic mass is 10.0. The number of benzene rings is 2. The molecule has 2 unspecified atom stereocenters. The van der Waals surface area contributed by atoms with Gasteiger partial charge in [0.1, 0.15) is 0 Å². The van der Waals surface area contributed by atoms with Gasteiger partial charge in [-0.1, -0.05) is 23.7 Å². The molecule has 0 bridgehead atoms. The molecule has 0 fully saturated rings. The van der Waals surface area contributed by atoms with Gasteiger partial charge in [0.15, 0.2) is 6.10 Å². The minimum Gasteiger partial charge on any atom is -0.452 e. The van der Waals surface area contributed by atoms with Crippen LogP contribution in [0.15, 0.2) is 42.5 Å². The van der Waals surface area contributed by atoms with Crippen LogP contribution in [-0.2, 0) is 19.1 Å². The molecule has 0 radical (unpaired) electrons. The van der Waals surface area contributed by atoms with Crippen molar-refractivity contribution in [2.45, 2.75) is 32.4 Å². The Kier molecular flexibility index (Phi) is 8.03. The zero-order chi connectivity index (χ0) is 23.1. The van der Waals surface area contributed by atoms with Gasteiger partial charge in [0.25, 0.3) is 5.91 Å². The lowest BCUT2D eigenvalue weighted by Crippen LogP contribution is -2.33. The van der Waals surface area contributed by atoms with Crippen LogP contribution in [-0.4, -0.2) is 28.8 Å². The van der Waals surface area contributed by atoms with Crippen molar-refractivity contribution in [1.29, 1.82) is 0 Å². The third kappa shape index (κ3) is 7.03. The number of amides is 2. The van der Waals surface area contributed by atoms with Gasteiger partial charge in [-0.25, -0.2) is 0 Å². The Bertz CT molecular complexity index is 999. The lowest BCUT2D eigenvalue weighted by Gasteiger charge is -2.19. The topological polar surface area (TPSA) is 128 Å². The van der Waals surface area contributed by atoms with E-state index in [1.807, 2.05) is 0 Å². The Balaban J connectivity index is 2.01. The molecular formula is C20H19ClFN3O6. The van der Waals surface area contributed by atoms with Gasteiger partial charge < -0.3 is 15.4 Å². The van der Waals surface area contributed by atoms with Crippen molar-refractivity contribution in [3.63, 3.8) is 0 Å². The second-order valence-corrected chi connectivity index (χ2v) is 6.99. The summed E-state index contributed by atoms with van der Waals surface area (Å²) in [5.41, 5.74) is -0.214. The fraction of sp³-hybridized carbons (Fsp3) is 0.250. The quantitative estimate of drug-likeness (QED) is 0.359. The summed E-state index contributed by atoms with van der Waals surface area (Å²) in [5.74, 6) is -2.94. The molecule has 2 aromatic rings. The van der Waals surface area contributed by atoms with Gasteiger partial charge in [0.05, 0.1) is 17.4 Å². The number of halogens is 2. The van der Waals surface area contributed by atoms with Crippen molar-refractivity contribution < 1.29 is 28.4 Å². The molecule has 0 aliphatic carbocycles. The van der Waals surface area contributed by atoms with Gasteiger partial charge in [-0.05, 0) is 36.8 Å². The second kappa shape index (κ2) is 10.5. The molecule has 2 aromatic carbocycles. The molecule has 11 heteroatoms. The third-order valence-corrected chi connectivity index (χ3v) is 4.36. The molecule has 2 N–H and O–H groups in total. The van der Waals surface area contributed by atoms with E-state index in [-0.39, 0.29) is 18.0 Å². The van der Waals surface area contributed by atoms with E-state index in [1.165, 1.54) is 13.8 Å². The summed E-state index contributed by atoms with van der Waals surface area (Å²) >= 11 is 5.85. The van der Waals surface area contributed by atoms with Gasteiger partial charge in [0.2, 0.25) is 11.7 Å². The average molecular weight is 452 g/mol. The third-order valence-electron chi connectivity index (χ3n) is 4.11. The summed E-state index contributed by atoms with van der Waals surface area (Å²) in [4.78, 5) is 45.9. The average Bonchev–Trinajstić information content (AvgIpc) is 2.68. The zero-order valence-electron chi connectivity index (χ0n) is 16.6. The fourth-order valence-electron chi connectivity index (χ4n) is 2.63. The molecule has 164 valence electrons. The number of nitrogens with one attached hydrogen (secondary N) is 2. The monoisotopic (exact) mass is 451 g/mol. The molecule has 0 saturated heterocycles. The number of nitro benzene ring substituents is 1. The Labute approximate surface area is 181 Å². The number of hydrogen-bond acceptors (Lipinski definition) is 6. The van der Waals surface area contributed by atoms with E-state index in [0.717, 1.165) is 18.2 Å². The van der Waals surface area contributed by atoms with Gasteiger partial charge in [-0.2, -0.15) is 4.39 Å². The standard InChI is InChI=1S/C20H19ClFN3O6/c1-11(20(28)24-15-7-8-16(22)18(9-15)25(29)30)31-19(27)10-17(23-12(2)26)13-3-5-14(21)6-4-13/h3-9,11,17H,10H2,1-2H3,(H,23,26)(H,24,28). The number of rotatable bonds is 8. The van der Waals surface area contributed by atoms with Crippen molar-refractivity contribution in [3.05, 3.63) is 69.0 Å². The normalized spacial score (nSPS) is 12.4. The maximum absolute atomic E-state index is 13.4. The molecule has 0 heterocycles. The van der Waals surface area contributed by atoms with Gasteiger partial charge >= 0.3 is 11.7 Å². The number of nitro groups is 1. The van der Waals surface area contributed by atoms with Gasteiger partial charge in [0, 0.05) is 23.7 Å². The number of anilines is 1. The molecule has 0 saturated carbocycles. The Morgan fingerprint density at radius 1 is 1.19 bits per heavy atom. The molecule has 2 rings (SSSR count). The van der Waals surface area contributed by atoms with Gasteiger partial charge in [-0.15, -0.1) is 0 Å². The van der Waals surface area contributed by atoms with Crippen LogP contribution >= 0.6 is 11.6 Å². The minimum absolute atomic E-state index is 0.0294. The SMILES string of the molecule is CC(=O)NC(CC(=O)OC(C)C(=O)Nc1ccc(F)c([N+](=O)[O-])c1)c1ccc(Cl)cc1. The largest absolute Gasteiger partial charge is 0.452 e. The van der Waals surface area contributed by atoms with Crippen molar-refractivity contribution in [3.8, 4) is 0 Å². The van der Waals surface area contributed by atoms with E-state index in [1.54, 1.807) is 24.3 Å². The number of carbonyl (C=O) groups is 3. The summed E-state index contributed by atoms with van der Waals surface area (Å²) in [6.45, 7) is 2.60. The van der Waals surface area contributed by atoms with E-state index >= 15 is 0 Å². The highest BCUT2D eigenvalue weighted by atomic mass is 35.5. The molecule has 9 nitrogen and oxygen atoms in total. The van der Waals surface area contributed by atoms with Crippen molar-refractivity contribution in [2.75, 3.05) is 5.32 Å². The number of carbonyl (C=O) groups excluding carboxylic acids is 3. The molecule has 2 atom stereocenters. The number of nitrogens with zero attached hydrogens (tertiary/aromatic N) is 1. The van der Waals surface area contributed by atoms with E-state index < -0.39 is 40.5 Å². The lowest BCUT2D eigenvalue weighted by molar-refractivity contribution is -0.387. The molecule has 0 aliphatic heterocycles. The molecule has 31 heavy (non-hydrogen) atoms. The predicted octanol–water partition coefficient (Wildman–Crippen LogP) is 3.53. The van der Waals surface area contributed by atoms with E-state index in [9.17, 15) is 28.9 Å². The summed E-state index contributed by atoms with van der Waals surface area (Å²) in [5, 5.41) is 16.2. The van der Waals surface area contributed by atoms with Crippen LogP contribution in [0.1, 0.15) is 31.9 Å². The summed E-state index contributed by atoms with van der Waals surface area (Å²) < 4.78 is 18.5. The Morgan fingerprint density at radius 2 is 1.84 bits per heavy atom. The van der Waals surface area contributed by atoms with Crippen LogP contribution < -0.4 is 10.6 Å². The highest BCUT2D eigenvalue weighted by Gasteiger charge is 2.23. The number of ether oxygens (including phenoxy) is 1. The first kappa shape index (κ1) is 23.7. The molecule has 2 amide bonds. The van der Waals surface area contributed by atoms with Gasteiger partial charge in [-0.3, -0.25) is 24.5 Å². The first-order chi connectivity index (χ1) is 14.6. The summed E-state index contributed by atoms with van der Waals surface area (Å²) in [7, 11) is 0. The highest BCUT2D eigenvalue weighted by Crippen LogP contribution is 2.23. The fourth-order valence-corrected chi connectivity index (χ4v) is 2.76. The second-order valence-electron chi connectivity index (χ2n) is 6.55. The maximum atomic E-state index is 13.4. The molecule has 0 spiro atoms. The van der Waals surface area contributed by atoms with Crippen LogP contribution in [0.4, 0.5) is 15.8 Å². The molecular weight excluding hydrogens is 433 g/mol. The smallest absolute Gasteiger partial charge is 0.309 e. The first-order valence-corrected chi connectivity index (χ1v) is 9.41. The Morgan fingerprint density at radius 3 is 2.42 bits per heavy atom. The van der Waals surface area contributed by atoms with E-state index in [4.69, 9.17) is 16.3 Å². The minimum atomic E-state index is -1.25. The van der Waals surface area contributed by atoms with Crippen molar-refractivity contribution in [1.82, 2.24) is 5.32 Å². The van der Waals surface area contributed by atoms with Crippen LogP contribution in [0.2, 0.25) is 5.02 Å². The number of hydrogen-bond donors (Lipinski definition) is 2. The van der Waals surface area contributed by atoms with Crippen LogP contribution in [0.5, 0.6) is 0 Å². The van der Waals surface area contributed by atoms with Crippen molar-refractivity contribution in [2.24, 2.45) is 0 Å². The maximum Gasteiger partial charge on any atom is 0.309 e. The van der Waals surface area contributed by atoms with Crippen LogP contribution in [0, 0.1) is 15.9 Å². The van der Waals surface area contributed by atoms with Crippen molar-refractivity contribution >= 4 is 40.8 Å². The van der Waals surface area contributed by atoms with E-state index in [0.29, 0.717) is 10.6 Å². The summed E-state index contributed by atoms with van der Waals surface area (Å²) in [6, 6.07) is 8.65. The summed E-state index contributed by atoms with van der Waals surface area (Å²) in [6.07, 6.45) is -1.50. The Hall–Kier alpha value is -3.53. The van der Waals surface area contributed by atoms with E-state index in [2.05, 4.69) is 10.6 Å². The predicted molar refractivity (Wildman–Crippen MR) is 110 cm³/mol. The highest BCUT2D eigenvalue weighted by molar-refractivity contribution is 6.30. The number of esters is 1. The zero-order valence-corrected chi connectivity index (χ0v) is 17.3.